The second-order valence-electron chi connectivity index (χ2n) is 8.32. The lowest BCUT2D eigenvalue weighted by Gasteiger charge is -2.28. The van der Waals surface area contributed by atoms with Crippen LogP contribution in [0.2, 0.25) is 0 Å². The molecule has 0 aliphatic carbocycles. The molecule has 2 aromatic carbocycles. The first-order chi connectivity index (χ1) is 17.8. The Bertz CT molecular complexity index is 1520. The molecule has 36 heavy (non-hydrogen) atoms. The molecule has 1 aliphatic rings. The Morgan fingerprint density at radius 2 is 1.75 bits per heavy atom. The molecule has 0 spiro atoms. The third-order valence-corrected chi connectivity index (χ3v) is 7.13. The molecule has 9 heteroatoms. The number of hydrogen-bond donors (Lipinski definition) is 1. The van der Waals surface area contributed by atoms with Gasteiger partial charge in [0.1, 0.15) is 11.3 Å². The van der Waals surface area contributed by atoms with Crippen LogP contribution in [0, 0.1) is 0 Å². The second-order valence-corrected chi connectivity index (χ2v) is 9.44. The minimum absolute atomic E-state index is 0.696. The maximum Gasteiger partial charge on any atom is 0.161 e. The van der Waals surface area contributed by atoms with Gasteiger partial charge in [-0.25, -0.2) is 4.98 Å². The van der Waals surface area contributed by atoms with Crippen molar-refractivity contribution in [3.05, 3.63) is 73.1 Å². The first-order valence-electron chi connectivity index (χ1n) is 11.7. The van der Waals surface area contributed by atoms with E-state index in [0.717, 1.165) is 62.0 Å². The number of pyridine rings is 2. The normalized spacial score (nSPS) is 13.8. The van der Waals surface area contributed by atoms with E-state index >= 15 is 0 Å². The van der Waals surface area contributed by atoms with Gasteiger partial charge in [0.05, 0.1) is 32.0 Å². The maximum absolute atomic E-state index is 5.50. The molecule has 0 bridgehead atoms. The SMILES string of the molecule is COc1cnc2c(Sc3ccc(Nc4nnc(N5CCOCC5)c5ccccc45)cc3)ccnc2c1. The summed E-state index contributed by atoms with van der Waals surface area (Å²) in [6, 6.07) is 20.4. The summed E-state index contributed by atoms with van der Waals surface area (Å²) >= 11 is 1.65. The molecule has 1 saturated heterocycles. The van der Waals surface area contributed by atoms with Gasteiger partial charge in [0, 0.05) is 51.6 Å². The quantitative estimate of drug-likeness (QED) is 0.336. The molecule has 1 N–H and O–H groups in total. The van der Waals surface area contributed by atoms with E-state index in [4.69, 9.17) is 9.47 Å². The molecule has 0 unspecified atom stereocenters. The number of hydrogen-bond acceptors (Lipinski definition) is 9. The minimum Gasteiger partial charge on any atom is -0.495 e. The molecule has 0 amide bonds. The highest BCUT2D eigenvalue weighted by atomic mass is 32.2. The summed E-state index contributed by atoms with van der Waals surface area (Å²) in [4.78, 5) is 13.4. The lowest BCUT2D eigenvalue weighted by molar-refractivity contribution is 0.122. The van der Waals surface area contributed by atoms with E-state index in [2.05, 4.69) is 66.8 Å². The van der Waals surface area contributed by atoms with Crippen molar-refractivity contribution in [1.82, 2.24) is 20.2 Å². The van der Waals surface area contributed by atoms with Crippen molar-refractivity contribution in [2.24, 2.45) is 0 Å². The molecule has 0 radical (unpaired) electrons. The minimum atomic E-state index is 0.696. The fourth-order valence-electron chi connectivity index (χ4n) is 4.24. The Kier molecular flexibility index (Phi) is 6.23. The van der Waals surface area contributed by atoms with E-state index < -0.39 is 0 Å². The van der Waals surface area contributed by atoms with Crippen LogP contribution in [-0.2, 0) is 4.74 Å². The highest BCUT2D eigenvalue weighted by molar-refractivity contribution is 7.99. The lowest BCUT2D eigenvalue weighted by atomic mass is 10.1. The third kappa shape index (κ3) is 4.50. The van der Waals surface area contributed by atoms with Gasteiger partial charge >= 0.3 is 0 Å². The van der Waals surface area contributed by atoms with Crippen molar-refractivity contribution in [3.63, 3.8) is 0 Å². The van der Waals surface area contributed by atoms with Gasteiger partial charge in [0.25, 0.3) is 0 Å². The molecule has 4 heterocycles. The van der Waals surface area contributed by atoms with Crippen molar-refractivity contribution in [3.8, 4) is 5.75 Å². The van der Waals surface area contributed by atoms with Crippen LogP contribution in [0.25, 0.3) is 21.8 Å². The Hall–Kier alpha value is -3.95. The van der Waals surface area contributed by atoms with Gasteiger partial charge in [-0.05, 0) is 30.3 Å². The molecule has 180 valence electrons. The fraction of sp³-hybridized carbons (Fsp3) is 0.185. The molecule has 0 saturated carbocycles. The molecule has 1 aliphatic heterocycles. The number of anilines is 3. The molecular formula is C27H24N6O2S. The zero-order valence-corrected chi connectivity index (χ0v) is 20.5. The smallest absolute Gasteiger partial charge is 0.161 e. The van der Waals surface area contributed by atoms with Gasteiger partial charge < -0.3 is 19.7 Å². The predicted octanol–water partition coefficient (Wildman–Crippen LogP) is 5.31. The van der Waals surface area contributed by atoms with Crippen LogP contribution in [0.15, 0.2) is 82.8 Å². The van der Waals surface area contributed by atoms with Gasteiger partial charge in [0.15, 0.2) is 11.6 Å². The van der Waals surface area contributed by atoms with E-state index in [1.807, 2.05) is 24.3 Å². The second kappa shape index (κ2) is 9.96. The summed E-state index contributed by atoms with van der Waals surface area (Å²) in [5.41, 5.74) is 2.61. The Morgan fingerprint density at radius 1 is 0.944 bits per heavy atom. The number of ether oxygens (including phenoxy) is 2. The van der Waals surface area contributed by atoms with Crippen LogP contribution in [0.3, 0.4) is 0 Å². The molecular weight excluding hydrogens is 472 g/mol. The fourth-order valence-corrected chi connectivity index (χ4v) is 5.15. The number of morpholine rings is 1. The van der Waals surface area contributed by atoms with Gasteiger partial charge in [-0.1, -0.05) is 36.0 Å². The molecule has 3 aromatic heterocycles. The topological polar surface area (TPSA) is 85.3 Å². The zero-order valence-electron chi connectivity index (χ0n) is 19.7. The molecule has 0 atom stereocenters. The highest BCUT2D eigenvalue weighted by Crippen LogP contribution is 2.34. The molecule has 6 rings (SSSR count). The van der Waals surface area contributed by atoms with Crippen molar-refractivity contribution >= 4 is 50.9 Å². The number of methoxy groups -OCH3 is 1. The summed E-state index contributed by atoms with van der Waals surface area (Å²) in [7, 11) is 1.63. The van der Waals surface area contributed by atoms with Gasteiger partial charge in [-0.2, -0.15) is 0 Å². The number of aromatic nitrogens is 4. The Balaban J connectivity index is 1.23. The van der Waals surface area contributed by atoms with Crippen LogP contribution in [0.5, 0.6) is 5.75 Å². The van der Waals surface area contributed by atoms with Gasteiger partial charge in [-0.15, -0.1) is 10.2 Å². The Morgan fingerprint density at radius 3 is 2.56 bits per heavy atom. The van der Waals surface area contributed by atoms with Crippen molar-refractivity contribution in [2.45, 2.75) is 9.79 Å². The van der Waals surface area contributed by atoms with E-state index in [9.17, 15) is 0 Å². The standard InChI is InChI=1S/C27H24N6O2S/c1-34-19-16-23-25(29-17-19)24(10-11-28-23)36-20-8-6-18(7-9-20)30-26-21-4-2-3-5-22(21)27(32-31-26)33-12-14-35-15-13-33/h2-11,16-17H,12-15H2,1H3,(H,30,31). The van der Waals surface area contributed by atoms with Crippen LogP contribution in [-0.4, -0.2) is 53.6 Å². The van der Waals surface area contributed by atoms with Crippen LogP contribution in [0.4, 0.5) is 17.3 Å². The van der Waals surface area contributed by atoms with Crippen LogP contribution in [0.1, 0.15) is 0 Å². The number of fused-ring (bicyclic) bond motifs is 2. The average molecular weight is 497 g/mol. The van der Waals surface area contributed by atoms with Crippen molar-refractivity contribution < 1.29 is 9.47 Å². The number of benzene rings is 2. The summed E-state index contributed by atoms with van der Waals surface area (Å²) in [5.74, 6) is 2.34. The predicted molar refractivity (Wildman–Crippen MR) is 143 cm³/mol. The number of nitrogens with one attached hydrogen (secondary N) is 1. The number of rotatable bonds is 6. The lowest BCUT2D eigenvalue weighted by Crippen LogP contribution is -2.37. The summed E-state index contributed by atoms with van der Waals surface area (Å²) < 4.78 is 10.8. The maximum atomic E-state index is 5.50. The molecule has 8 nitrogen and oxygen atoms in total. The number of nitrogens with zero attached hydrogens (tertiary/aromatic N) is 5. The van der Waals surface area contributed by atoms with E-state index in [0.29, 0.717) is 19.0 Å². The summed E-state index contributed by atoms with van der Waals surface area (Å²) in [6.07, 6.45) is 3.52. The van der Waals surface area contributed by atoms with E-state index in [-0.39, 0.29) is 0 Å². The summed E-state index contributed by atoms with van der Waals surface area (Å²) in [5, 5.41) is 14.7. The van der Waals surface area contributed by atoms with Crippen molar-refractivity contribution in [1.29, 1.82) is 0 Å². The van der Waals surface area contributed by atoms with E-state index in [1.54, 1.807) is 31.3 Å². The third-order valence-electron chi connectivity index (χ3n) is 6.07. The summed E-state index contributed by atoms with van der Waals surface area (Å²) in [6.45, 7) is 3.06. The van der Waals surface area contributed by atoms with E-state index in [1.165, 1.54) is 0 Å². The van der Waals surface area contributed by atoms with Crippen LogP contribution < -0.4 is 15.0 Å². The van der Waals surface area contributed by atoms with Crippen LogP contribution >= 0.6 is 11.8 Å². The largest absolute Gasteiger partial charge is 0.495 e. The first-order valence-corrected chi connectivity index (χ1v) is 12.5. The van der Waals surface area contributed by atoms with Gasteiger partial charge in [-0.3, -0.25) is 4.98 Å². The first kappa shape index (κ1) is 22.5. The molecule has 1 fully saturated rings. The average Bonchev–Trinajstić information content (AvgIpc) is 2.94. The monoisotopic (exact) mass is 496 g/mol. The zero-order chi connectivity index (χ0) is 24.3. The Labute approximate surface area is 212 Å². The van der Waals surface area contributed by atoms with Crippen molar-refractivity contribution in [2.75, 3.05) is 43.6 Å². The molecule has 5 aromatic rings. The highest BCUT2D eigenvalue weighted by Gasteiger charge is 2.17. The van der Waals surface area contributed by atoms with Gasteiger partial charge in [0.2, 0.25) is 0 Å².